The molecule has 1 aromatic carbocycles. The second kappa shape index (κ2) is 8.55. The second-order valence-electron chi connectivity index (χ2n) is 4.84. The average Bonchev–Trinajstić information content (AvgIpc) is 2.85. The van der Waals surface area contributed by atoms with E-state index in [9.17, 15) is 4.79 Å². The van der Waals surface area contributed by atoms with Gasteiger partial charge in [-0.25, -0.2) is 0 Å². The topological polar surface area (TPSA) is 54.9 Å². The number of anilines is 1. The number of nitrogens with zero attached hydrogens (tertiary/aromatic N) is 2. The molecule has 0 radical (unpaired) electrons. The highest BCUT2D eigenvalue weighted by molar-refractivity contribution is 8.01. The zero-order valence-corrected chi connectivity index (χ0v) is 15.3. The Balaban J connectivity index is 1.77. The maximum Gasteiger partial charge on any atom is 0.236 e. The first-order chi connectivity index (χ1) is 10.6. The number of benzene rings is 1. The van der Waals surface area contributed by atoms with Crippen LogP contribution in [0.15, 0.2) is 22.5 Å². The minimum absolute atomic E-state index is 0.0291. The summed E-state index contributed by atoms with van der Waals surface area (Å²) in [6, 6.07) is 6.48. The minimum Gasteiger partial charge on any atom is -0.300 e. The third-order valence-electron chi connectivity index (χ3n) is 2.70. The van der Waals surface area contributed by atoms with Crippen molar-refractivity contribution >= 4 is 45.9 Å². The summed E-state index contributed by atoms with van der Waals surface area (Å²) in [5.41, 5.74) is 3.78. The second-order valence-corrected chi connectivity index (χ2v) is 8.32. The lowest BCUT2D eigenvalue weighted by Gasteiger charge is -2.05. The molecule has 0 bridgehead atoms. The molecule has 0 saturated carbocycles. The quantitative estimate of drug-likeness (QED) is 0.599. The fourth-order valence-electron chi connectivity index (χ4n) is 2.01. The standard InChI is InChI=1S/C15H19N3OS3/c1-4-21-15-18-17-14(22-15)16-13(19)9-20-8-12-6-10(2)5-11(3)7-12/h5-7H,4,8-9H2,1-3H3,(H,16,17,19). The van der Waals surface area contributed by atoms with Crippen molar-refractivity contribution in [1.29, 1.82) is 0 Å². The molecule has 0 fully saturated rings. The van der Waals surface area contributed by atoms with Crippen molar-refractivity contribution in [2.75, 3.05) is 16.8 Å². The molecule has 22 heavy (non-hydrogen) atoms. The fraction of sp³-hybridized carbons (Fsp3) is 0.400. The van der Waals surface area contributed by atoms with Crippen molar-refractivity contribution in [1.82, 2.24) is 10.2 Å². The van der Waals surface area contributed by atoms with Crippen LogP contribution in [0.2, 0.25) is 0 Å². The lowest BCUT2D eigenvalue weighted by atomic mass is 10.1. The predicted octanol–water partition coefficient (Wildman–Crippen LogP) is 4.14. The molecule has 0 aliphatic heterocycles. The molecule has 0 saturated heterocycles. The molecule has 0 spiro atoms. The highest BCUT2D eigenvalue weighted by Crippen LogP contribution is 2.25. The number of thioether (sulfide) groups is 2. The SMILES string of the molecule is CCSc1nnc(NC(=O)CSCc2cc(C)cc(C)c2)s1. The van der Waals surface area contributed by atoms with Gasteiger partial charge in [-0.3, -0.25) is 10.1 Å². The third-order valence-corrected chi connectivity index (χ3v) is 5.56. The molecule has 0 aliphatic rings. The van der Waals surface area contributed by atoms with Crippen LogP contribution < -0.4 is 5.32 Å². The smallest absolute Gasteiger partial charge is 0.236 e. The molecule has 0 atom stereocenters. The zero-order chi connectivity index (χ0) is 15.9. The fourth-order valence-corrected chi connectivity index (χ4v) is 4.44. The predicted molar refractivity (Wildman–Crippen MR) is 97.0 cm³/mol. The number of aryl methyl sites for hydroxylation is 2. The van der Waals surface area contributed by atoms with Gasteiger partial charge in [-0.1, -0.05) is 59.3 Å². The molecular formula is C15H19N3OS3. The number of nitrogens with one attached hydrogen (secondary N) is 1. The van der Waals surface area contributed by atoms with Crippen LogP contribution in [0.1, 0.15) is 23.6 Å². The summed E-state index contributed by atoms with van der Waals surface area (Å²) >= 11 is 4.66. The van der Waals surface area contributed by atoms with Gasteiger partial charge in [-0.2, -0.15) is 0 Å². The van der Waals surface area contributed by atoms with Gasteiger partial charge in [0.25, 0.3) is 0 Å². The van der Waals surface area contributed by atoms with Crippen LogP contribution in [-0.2, 0) is 10.5 Å². The summed E-state index contributed by atoms with van der Waals surface area (Å²) in [6.07, 6.45) is 0. The van der Waals surface area contributed by atoms with E-state index in [1.807, 2.05) is 0 Å². The largest absolute Gasteiger partial charge is 0.300 e. The number of hydrogen-bond acceptors (Lipinski definition) is 6. The van der Waals surface area contributed by atoms with Gasteiger partial charge in [-0.05, 0) is 25.2 Å². The Kier molecular flexibility index (Phi) is 6.72. The lowest BCUT2D eigenvalue weighted by molar-refractivity contribution is -0.113. The van der Waals surface area contributed by atoms with Gasteiger partial charge in [0.05, 0.1) is 5.75 Å². The van der Waals surface area contributed by atoms with Crippen molar-refractivity contribution in [3.63, 3.8) is 0 Å². The van der Waals surface area contributed by atoms with E-state index in [0.717, 1.165) is 15.8 Å². The van der Waals surface area contributed by atoms with Crippen LogP contribution in [0.25, 0.3) is 0 Å². The molecule has 0 unspecified atom stereocenters. The summed E-state index contributed by atoms with van der Waals surface area (Å²) in [5, 5.41) is 11.4. The Bertz CT molecular complexity index is 622. The number of carbonyl (C=O) groups is 1. The first-order valence-corrected chi connectivity index (χ1v) is 9.93. The molecule has 2 aromatic rings. The molecule has 118 valence electrons. The van der Waals surface area contributed by atoms with E-state index in [1.54, 1.807) is 23.5 Å². The van der Waals surface area contributed by atoms with Gasteiger partial charge < -0.3 is 0 Å². The maximum atomic E-state index is 11.9. The van der Waals surface area contributed by atoms with Gasteiger partial charge in [0.2, 0.25) is 11.0 Å². The Morgan fingerprint density at radius 2 is 1.95 bits per heavy atom. The van der Waals surface area contributed by atoms with Crippen molar-refractivity contribution in [3.05, 3.63) is 34.9 Å². The summed E-state index contributed by atoms with van der Waals surface area (Å²) in [7, 11) is 0. The van der Waals surface area contributed by atoms with Crippen LogP contribution in [0.4, 0.5) is 5.13 Å². The number of carbonyl (C=O) groups excluding carboxylic acids is 1. The van der Waals surface area contributed by atoms with Gasteiger partial charge in [-0.15, -0.1) is 22.0 Å². The summed E-state index contributed by atoms with van der Waals surface area (Å²) < 4.78 is 0.890. The maximum absolute atomic E-state index is 11.9. The van der Waals surface area contributed by atoms with Gasteiger partial charge >= 0.3 is 0 Å². The Morgan fingerprint density at radius 1 is 1.23 bits per heavy atom. The minimum atomic E-state index is -0.0291. The van der Waals surface area contributed by atoms with Gasteiger partial charge in [0.1, 0.15) is 0 Å². The summed E-state index contributed by atoms with van der Waals surface area (Å²) in [6.45, 7) is 6.25. The van der Waals surface area contributed by atoms with Crippen molar-refractivity contribution < 1.29 is 4.79 Å². The van der Waals surface area contributed by atoms with E-state index in [4.69, 9.17) is 0 Å². The molecule has 1 amide bonds. The molecule has 2 rings (SSSR count). The van der Waals surface area contributed by atoms with E-state index in [0.29, 0.717) is 10.9 Å². The average molecular weight is 354 g/mol. The molecule has 7 heteroatoms. The number of hydrogen-bond donors (Lipinski definition) is 1. The van der Waals surface area contributed by atoms with Crippen LogP contribution in [0, 0.1) is 13.8 Å². The Morgan fingerprint density at radius 3 is 2.64 bits per heavy atom. The lowest BCUT2D eigenvalue weighted by Crippen LogP contribution is -2.14. The molecule has 1 heterocycles. The normalized spacial score (nSPS) is 10.7. The van der Waals surface area contributed by atoms with E-state index in [1.165, 1.54) is 28.0 Å². The van der Waals surface area contributed by atoms with Crippen LogP contribution in [0.3, 0.4) is 0 Å². The van der Waals surface area contributed by atoms with Gasteiger partial charge in [0.15, 0.2) is 4.34 Å². The molecular weight excluding hydrogens is 334 g/mol. The third kappa shape index (κ3) is 5.62. The molecule has 4 nitrogen and oxygen atoms in total. The van der Waals surface area contributed by atoms with Crippen molar-refractivity contribution in [2.45, 2.75) is 30.9 Å². The number of aromatic nitrogens is 2. The van der Waals surface area contributed by atoms with E-state index in [-0.39, 0.29) is 5.91 Å². The molecule has 1 aromatic heterocycles. The molecule has 1 N–H and O–H groups in total. The first-order valence-electron chi connectivity index (χ1n) is 6.98. The van der Waals surface area contributed by atoms with Crippen LogP contribution in [-0.4, -0.2) is 27.6 Å². The van der Waals surface area contributed by atoms with Crippen LogP contribution >= 0.6 is 34.9 Å². The van der Waals surface area contributed by atoms with Crippen LogP contribution in [0.5, 0.6) is 0 Å². The monoisotopic (exact) mass is 353 g/mol. The zero-order valence-electron chi connectivity index (χ0n) is 12.9. The Labute approximate surface area is 143 Å². The summed E-state index contributed by atoms with van der Waals surface area (Å²) in [5.74, 6) is 2.18. The van der Waals surface area contributed by atoms with Crippen molar-refractivity contribution in [2.24, 2.45) is 0 Å². The van der Waals surface area contributed by atoms with Gasteiger partial charge in [0, 0.05) is 5.75 Å². The van der Waals surface area contributed by atoms with E-state index >= 15 is 0 Å². The Hall–Kier alpha value is -1.05. The van der Waals surface area contributed by atoms with Crippen molar-refractivity contribution in [3.8, 4) is 0 Å². The van der Waals surface area contributed by atoms with E-state index < -0.39 is 0 Å². The first kappa shape index (κ1) is 17.3. The number of amides is 1. The van der Waals surface area contributed by atoms with E-state index in [2.05, 4.69) is 54.5 Å². The molecule has 0 aliphatic carbocycles. The highest BCUT2D eigenvalue weighted by atomic mass is 32.2. The number of rotatable bonds is 7. The summed E-state index contributed by atoms with van der Waals surface area (Å²) in [4.78, 5) is 11.9. The highest BCUT2D eigenvalue weighted by Gasteiger charge is 2.08.